The molecule has 0 unspecified atom stereocenters. The number of phenols is 2. The van der Waals surface area contributed by atoms with Gasteiger partial charge in [-0.15, -0.1) is 0 Å². The molecule has 6 nitrogen and oxygen atoms in total. The molecule has 0 aliphatic heterocycles. The average Bonchev–Trinajstić information content (AvgIpc) is 2.50. The Morgan fingerprint density at radius 3 is 2.74 bits per heavy atom. The van der Waals surface area contributed by atoms with Crippen LogP contribution >= 0.6 is 23.2 Å². The highest BCUT2D eigenvalue weighted by atomic mass is 35.5. The Morgan fingerprint density at radius 1 is 1.22 bits per heavy atom. The van der Waals surface area contributed by atoms with Crippen LogP contribution in [-0.4, -0.2) is 28.9 Å². The maximum absolute atomic E-state index is 11.6. The number of hydrazone groups is 1. The third-order valence-corrected chi connectivity index (χ3v) is 3.21. The summed E-state index contributed by atoms with van der Waals surface area (Å²) in [5.74, 6) is -0.467. The smallest absolute Gasteiger partial charge is 0.277 e. The van der Waals surface area contributed by atoms with E-state index in [9.17, 15) is 9.90 Å². The summed E-state index contributed by atoms with van der Waals surface area (Å²) in [6.45, 7) is -0.307. The first-order valence-corrected chi connectivity index (χ1v) is 7.13. The number of phenolic OH excluding ortho intramolecular Hbond substituents is 2. The highest BCUT2D eigenvalue weighted by Crippen LogP contribution is 2.27. The number of hydrogen-bond donors (Lipinski definition) is 3. The summed E-state index contributed by atoms with van der Waals surface area (Å²) >= 11 is 11.7. The molecule has 0 saturated heterocycles. The van der Waals surface area contributed by atoms with Crippen LogP contribution in [-0.2, 0) is 4.79 Å². The highest BCUT2D eigenvalue weighted by molar-refractivity contribution is 6.34. The average molecular weight is 355 g/mol. The van der Waals surface area contributed by atoms with Gasteiger partial charge < -0.3 is 14.9 Å². The largest absolute Gasteiger partial charge is 0.508 e. The van der Waals surface area contributed by atoms with Crippen molar-refractivity contribution in [3.63, 3.8) is 0 Å². The van der Waals surface area contributed by atoms with E-state index in [4.69, 9.17) is 33.0 Å². The van der Waals surface area contributed by atoms with Gasteiger partial charge in [0.05, 0.1) is 11.2 Å². The Labute approximate surface area is 141 Å². The molecule has 120 valence electrons. The van der Waals surface area contributed by atoms with Crippen LogP contribution in [0.5, 0.6) is 17.2 Å². The number of benzene rings is 2. The quantitative estimate of drug-likeness (QED) is 0.568. The Kier molecular flexibility index (Phi) is 5.67. The lowest BCUT2D eigenvalue weighted by Crippen LogP contribution is -2.24. The Balaban J connectivity index is 1.87. The number of hydrogen-bond acceptors (Lipinski definition) is 5. The van der Waals surface area contributed by atoms with Crippen LogP contribution < -0.4 is 10.2 Å². The molecule has 0 radical (unpaired) electrons. The number of rotatable bonds is 5. The molecule has 0 fully saturated rings. The van der Waals surface area contributed by atoms with Crippen LogP contribution in [0.4, 0.5) is 0 Å². The Bertz CT molecular complexity index is 750. The van der Waals surface area contributed by atoms with Gasteiger partial charge in [0, 0.05) is 22.7 Å². The molecule has 0 aromatic heterocycles. The minimum Gasteiger partial charge on any atom is -0.508 e. The maximum atomic E-state index is 11.6. The van der Waals surface area contributed by atoms with E-state index in [2.05, 4.69) is 10.5 Å². The van der Waals surface area contributed by atoms with Crippen LogP contribution in [0.1, 0.15) is 5.56 Å². The van der Waals surface area contributed by atoms with Crippen LogP contribution in [0.3, 0.4) is 0 Å². The fourth-order valence-corrected chi connectivity index (χ4v) is 1.91. The van der Waals surface area contributed by atoms with Crippen molar-refractivity contribution in [3.8, 4) is 17.2 Å². The van der Waals surface area contributed by atoms with E-state index in [1.807, 2.05) is 0 Å². The molecule has 0 aliphatic carbocycles. The first kappa shape index (κ1) is 16.9. The second-order valence-corrected chi connectivity index (χ2v) is 5.24. The van der Waals surface area contributed by atoms with E-state index in [0.29, 0.717) is 15.6 Å². The lowest BCUT2D eigenvalue weighted by Gasteiger charge is -2.07. The standard InChI is InChI=1S/C15H12Cl2N2O4/c16-10-2-4-12(17)14(5-10)23-8-15(22)19-18-7-9-1-3-11(20)6-13(9)21/h1-7,20-21H,8H2,(H,19,22)/b18-7+. The van der Waals surface area contributed by atoms with Gasteiger partial charge in [-0.05, 0) is 24.3 Å². The SMILES string of the molecule is O=C(COc1cc(Cl)ccc1Cl)N/N=C/c1ccc(O)cc1O. The van der Waals surface area contributed by atoms with Gasteiger partial charge in [0.1, 0.15) is 17.2 Å². The van der Waals surface area contributed by atoms with Crippen molar-refractivity contribution in [2.45, 2.75) is 0 Å². The molecule has 8 heteroatoms. The van der Waals surface area contributed by atoms with E-state index in [0.717, 1.165) is 6.07 Å². The van der Waals surface area contributed by atoms with Crippen molar-refractivity contribution in [1.82, 2.24) is 5.43 Å². The van der Waals surface area contributed by atoms with Gasteiger partial charge in [-0.3, -0.25) is 4.79 Å². The lowest BCUT2D eigenvalue weighted by atomic mass is 10.2. The Morgan fingerprint density at radius 2 is 2.00 bits per heavy atom. The molecule has 0 spiro atoms. The van der Waals surface area contributed by atoms with Crippen molar-refractivity contribution in [2.24, 2.45) is 5.10 Å². The van der Waals surface area contributed by atoms with E-state index in [-0.39, 0.29) is 23.9 Å². The fraction of sp³-hybridized carbons (Fsp3) is 0.0667. The molecule has 0 atom stereocenters. The molecule has 0 bridgehead atoms. The van der Waals surface area contributed by atoms with Gasteiger partial charge in [-0.25, -0.2) is 5.43 Å². The summed E-state index contributed by atoms with van der Waals surface area (Å²) in [6.07, 6.45) is 1.24. The van der Waals surface area contributed by atoms with Crippen LogP contribution in [0.15, 0.2) is 41.5 Å². The third kappa shape index (κ3) is 5.05. The van der Waals surface area contributed by atoms with E-state index >= 15 is 0 Å². The number of ether oxygens (including phenoxy) is 1. The normalized spacial score (nSPS) is 10.7. The number of halogens is 2. The summed E-state index contributed by atoms with van der Waals surface area (Å²) in [7, 11) is 0. The van der Waals surface area contributed by atoms with Gasteiger partial charge >= 0.3 is 0 Å². The minimum absolute atomic E-state index is 0.0736. The number of carbonyl (C=O) groups excluding carboxylic acids is 1. The van der Waals surface area contributed by atoms with Crippen molar-refractivity contribution < 1.29 is 19.7 Å². The summed E-state index contributed by atoms with van der Waals surface area (Å²) in [6, 6.07) is 8.65. The summed E-state index contributed by atoms with van der Waals surface area (Å²) < 4.78 is 5.24. The fourth-order valence-electron chi connectivity index (χ4n) is 1.58. The monoisotopic (exact) mass is 354 g/mol. The van der Waals surface area contributed by atoms with Gasteiger partial charge in [0.25, 0.3) is 5.91 Å². The van der Waals surface area contributed by atoms with Crippen molar-refractivity contribution >= 4 is 35.3 Å². The molecule has 0 saturated carbocycles. The molecule has 2 aromatic rings. The lowest BCUT2D eigenvalue weighted by molar-refractivity contribution is -0.123. The molecule has 0 aliphatic rings. The van der Waals surface area contributed by atoms with Gasteiger partial charge in [0.2, 0.25) is 0 Å². The van der Waals surface area contributed by atoms with Crippen molar-refractivity contribution in [1.29, 1.82) is 0 Å². The first-order valence-electron chi connectivity index (χ1n) is 6.37. The zero-order chi connectivity index (χ0) is 16.8. The zero-order valence-corrected chi connectivity index (χ0v) is 13.2. The zero-order valence-electron chi connectivity index (χ0n) is 11.7. The topological polar surface area (TPSA) is 91.2 Å². The molecule has 3 N–H and O–H groups in total. The molecule has 23 heavy (non-hydrogen) atoms. The number of nitrogens with one attached hydrogen (secondary N) is 1. The maximum Gasteiger partial charge on any atom is 0.277 e. The van der Waals surface area contributed by atoms with E-state index in [1.54, 1.807) is 12.1 Å². The Hall–Kier alpha value is -2.44. The molecule has 0 heterocycles. The number of carbonyl (C=O) groups is 1. The minimum atomic E-state index is -0.518. The first-order chi connectivity index (χ1) is 11.0. The van der Waals surface area contributed by atoms with Crippen LogP contribution in [0.2, 0.25) is 10.0 Å². The predicted molar refractivity (Wildman–Crippen MR) is 87.5 cm³/mol. The summed E-state index contributed by atoms with van der Waals surface area (Å²) in [5.41, 5.74) is 2.57. The number of aromatic hydroxyl groups is 2. The van der Waals surface area contributed by atoms with E-state index < -0.39 is 5.91 Å². The highest BCUT2D eigenvalue weighted by Gasteiger charge is 2.06. The van der Waals surface area contributed by atoms with Crippen LogP contribution in [0, 0.1) is 0 Å². The number of amides is 1. The summed E-state index contributed by atoms with van der Waals surface area (Å²) in [5, 5.41) is 23.2. The van der Waals surface area contributed by atoms with Gasteiger partial charge in [0.15, 0.2) is 6.61 Å². The molecular weight excluding hydrogens is 343 g/mol. The molecule has 2 rings (SSSR count). The van der Waals surface area contributed by atoms with Crippen molar-refractivity contribution in [3.05, 3.63) is 52.0 Å². The van der Waals surface area contributed by atoms with Crippen molar-refractivity contribution in [2.75, 3.05) is 6.61 Å². The third-order valence-electron chi connectivity index (χ3n) is 2.66. The number of nitrogens with zero attached hydrogens (tertiary/aromatic N) is 1. The van der Waals surface area contributed by atoms with Crippen LogP contribution in [0.25, 0.3) is 0 Å². The predicted octanol–water partition coefficient (Wildman–Crippen LogP) is 2.93. The molecule has 2 aromatic carbocycles. The molecule has 1 amide bonds. The van der Waals surface area contributed by atoms with Gasteiger partial charge in [-0.1, -0.05) is 23.2 Å². The second kappa shape index (κ2) is 7.71. The van der Waals surface area contributed by atoms with E-state index in [1.165, 1.54) is 24.4 Å². The molecular formula is C15H12Cl2N2O4. The van der Waals surface area contributed by atoms with Gasteiger partial charge in [-0.2, -0.15) is 5.10 Å². The summed E-state index contributed by atoms with van der Waals surface area (Å²) in [4.78, 5) is 11.6. The second-order valence-electron chi connectivity index (χ2n) is 4.40.